The molecule has 0 aromatic carbocycles. The molecule has 0 radical (unpaired) electrons. The Morgan fingerprint density at radius 2 is 1.89 bits per heavy atom. The summed E-state index contributed by atoms with van der Waals surface area (Å²) in [6, 6.07) is 0. The summed E-state index contributed by atoms with van der Waals surface area (Å²) in [5.41, 5.74) is 0. The Kier molecular flexibility index (Phi) is 7.04. The summed E-state index contributed by atoms with van der Waals surface area (Å²) in [5.74, 6) is 1.41. The lowest BCUT2D eigenvalue weighted by Gasteiger charge is -2.35. The van der Waals surface area contributed by atoms with Crippen molar-refractivity contribution in [2.24, 2.45) is 5.92 Å². The van der Waals surface area contributed by atoms with Crippen molar-refractivity contribution in [2.45, 2.75) is 26.4 Å². The van der Waals surface area contributed by atoms with E-state index in [1.807, 2.05) is 30.5 Å². The molecule has 0 saturated carbocycles. The molecule has 0 aliphatic carbocycles. The quantitative estimate of drug-likeness (QED) is 0.781. The van der Waals surface area contributed by atoms with Gasteiger partial charge < -0.3 is 10.0 Å². The van der Waals surface area contributed by atoms with E-state index in [0.717, 1.165) is 38.5 Å². The minimum atomic E-state index is -0.817. The normalized spacial score (nSPS) is 19.3. The molecule has 1 aliphatic heterocycles. The summed E-state index contributed by atoms with van der Waals surface area (Å²) in [5, 5.41) is 9.84. The minimum Gasteiger partial charge on any atom is -0.383 e. The second-order valence-electron chi connectivity index (χ2n) is 5.31. The van der Waals surface area contributed by atoms with Gasteiger partial charge in [0.05, 0.1) is 0 Å². The number of hydrogen-bond acceptors (Lipinski definition) is 4. The molecule has 0 unspecified atom stereocenters. The van der Waals surface area contributed by atoms with Crippen molar-refractivity contribution < 1.29 is 9.90 Å². The third kappa shape index (κ3) is 5.16. The van der Waals surface area contributed by atoms with Crippen LogP contribution in [0.5, 0.6) is 0 Å². The maximum Gasteiger partial charge on any atom is 0.251 e. The number of nitrogens with zero attached hydrogens (tertiary/aromatic N) is 2. The number of aliphatic hydroxyl groups is 1. The van der Waals surface area contributed by atoms with Crippen LogP contribution in [0.2, 0.25) is 0 Å². The van der Waals surface area contributed by atoms with Crippen LogP contribution >= 0.6 is 11.8 Å². The summed E-state index contributed by atoms with van der Waals surface area (Å²) in [6.07, 6.45) is 1.86. The first-order chi connectivity index (χ1) is 8.54. The summed E-state index contributed by atoms with van der Waals surface area (Å²) in [7, 11) is 0. The highest BCUT2D eigenvalue weighted by Gasteiger charge is 2.26. The molecule has 18 heavy (non-hydrogen) atoms. The summed E-state index contributed by atoms with van der Waals surface area (Å²) in [4.78, 5) is 16.2. The third-order valence-electron chi connectivity index (χ3n) is 3.28. The van der Waals surface area contributed by atoms with Gasteiger partial charge in [0.15, 0.2) is 0 Å². The van der Waals surface area contributed by atoms with Crippen LogP contribution in [0.25, 0.3) is 0 Å². The molecule has 1 rings (SSSR count). The van der Waals surface area contributed by atoms with Crippen LogP contribution in [0.4, 0.5) is 0 Å². The number of rotatable bonds is 6. The molecule has 106 valence electrons. The SMILES string of the molecule is CSCCN1CCN(C(=O)[C@@H](O)CC(C)C)CC1. The van der Waals surface area contributed by atoms with Crippen LogP contribution in [0.3, 0.4) is 0 Å². The first kappa shape index (κ1) is 15.8. The average molecular weight is 274 g/mol. The second-order valence-corrected chi connectivity index (χ2v) is 6.29. The molecule has 0 aromatic heterocycles. The molecule has 1 amide bonds. The fourth-order valence-corrected chi connectivity index (χ4v) is 2.61. The molecular formula is C13H26N2O2S. The molecule has 1 fully saturated rings. The maximum atomic E-state index is 12.0. The Labute approximate surface area is 115 Å². The Hall–Kier alpha value is -0.260. The van der Waals surface area contributed by atoms with Crippen molar-refractivity contribution >= 4 is 17.7 Å². The maximum absolute atomic E-state index is 12.0. The Morgan fingerprint density at radius 3 is 2.39 bits per heavy atom. The van der Waals surface area contributed by atoms with Crippen molar-refractivity contribution in [3.8, 4) is 0 Å². The topological polar surface area (TPSA) is 43.8 Å². The summed E-state index contributed by atoms with van der Waals surface area (Å²) >= 11 is 1.85. The van der Waals surface area contributed by atoms with E-state index in [1.54, 1.807) is 0 Å². The first-order valence-electron chi connectivity index (χ1n) is 6.72. The molecule has 1 aliphatic rings. The number of amides is 1. The molecule has 1 N–H and O–H groups in total. The third-order valence-corrected chi connectivity index (χ3v) is 3.87. The number of piperazine rings is 1. The van der Waals surface area contributed by atoms with Gasteiger partial charge in [0, 0.05) is 38.5 Å². The minimum absolute atomic E-state index is 0.0896. The van der Waals surface area contributed by atoms with E-state index >= 15 is 0 Å². The molecule has 4 nitrogen and oxygen atoms in total. The smallest absolute Gasteiger partial charge is 0.251 e. The first-order valence-corrected chi connectivity index (χ1v) is 8.12. The van der Waals surface area contributed by atoms with Gasteiger partial charge in [-0.2, -0.15) is 11.8 Å². The summed E-state index contributed by atoms with van der Waals surface area (Å²) in [6.45, 7) is 8.51. The molecular weight excluding hydrogens is 248 g/mol. The van der Waals surface area contributed by atoms with Crippen LogP contribution in [-0.4, -0.2) is 71.6 Å². The monoisotopic (exact) mass is 274 g/mol. The van der Waals surface area contributed by atoms with Gasteiger partial charge in [-0.05, 0) is 18.6 Å². The van der Waals surface area contributed by atoms with Crippen molar-refractivity contribution in [3.05, 3.63) is 0 Å². The van der Waals surface area contributed by atoms with Crippen LogP contribution in [0.15, 0.2) is 0 Å². The fraction of sp³-hybridized carbons (Fsp3) is 0.923. The number of carbonyl (C=O) groups excluding carboxylic acids is 1. The lowest BCUT2D eigenvalue weighted by molar-refractivity contribution is -0.142. The van der Waals surface area contributed by atoms with E-state index in [1.165, 1.54) is 0 Å². The van der Waals surface area contributed by atoms with E-state index in [2.05, 4.69) is 11.2 Å². The van der Waals surface area contributed by atoms with E-state index in [4.69, 9.17) is 0 Å². The number of carbonyl (C=O) groups is 1. The predicted octanol–water partition coefficient (Wildman–Crippen LogP) is 0.901. The molecule has 1 atom stereocenters. The van der Waals surface area contributed by atoms with Gasteiger partial charge in [0.2, 0.25) is 0 Å². The second kappa shape index (κ2) is 8.02. The Balaban J connectivity index is 2.31. The zero-order valence-electron chi connectivity index (χ0n) is 11.8. The lowest BCUT2D eigenvalue weighted by Crippen LogP contribution is -2.51. The van der Waals surface area contributed by atoms with Gasteiger partial charge in [-0.1, -0.05) is 13.8 Å². The van der Waals surface area contributed by atoms with Crippen molar-refractivity contribution in [2.75, 3.05) is 44.7 Å². The molecule has 0 aromatic rings. The van der Waals surface area contributed by atoms with E-state index < -0.39 is 6.10 Å². The zero-order valence-corrected chi connectivity index (χ0v) is 12.6. The van der Waals surface area contributed by atoms with Crippen LogP contribution in [0, 0.1) is 5.92 Å². The molecule has 1 heterocycles. The van der Waals surface area contributed by atoms with Gasteiger partial charge >= 0.3 is 0 Å². The Bertz CT molecular complexity index is 253. The summed E-state index contributed by atoms with van der Waals surface area (Å²) < 4.78 is 0. The molecule has 5 heteroatoms. The highest BCUT2D eigenvalue weighted by atomic mass is 32.2. The highest BCUT2D eigenvalue weighted by Crippen LogP contribution is 2.10. The van der Waals surface area contributed by atoms with Gasteiger partial charge in [-0.25, -0.2) is 0 Å². The fourth-order valence-electron chi connectivity index (χ4n) is 2.17. The Morgan fingerprint density at radius 1 is 1.28 bits per heavy atom. The zero-order chi connectivity index (χ0) is 13.5. The van der Waals surface area contributed by atoms with Crippen molar-refractivity contribution in [3.63, 3.8) is 0 Å². The van der Waals surface area contributed by atoms with Gasteiger partial charge in [0.25, 0.3) is 5.91 Å². The number of hydrogen-bond donors (Lipinski definition) is 1. The largest absolute Gasteiger partial charge is 0.383 e. The highest BCUT2D eigenvalue weighted by molar-refractivity contribution is 7.98. The van der Waals surface area contributed by atoms with Crippen LogP contribution in [0.1, 0.15) is 20.3 Å². The molecule has 1 saturated heterocycles. The van der Waals surface area contributed by atoms with E-state index in [0.29, 0.717) is 12.3 Å². The average Bonchev–Trinajstić information content (AvgIpc) is 2.35. The lowest BCUT2D eigenvalue weighted by atomic mass is 10.0. The van der Waals surface area contributed by atoms with Crippen molar-refractivity contribution in [1.29, 1.82) is 0 Å². The van der Waals surface area contributed by atoms with E-state index in [9.17, 15) is 9.90 Å². The predicted molar refractivity (Wildman–Crippen MR) is 76.9 cm³/mol. The van der Waals surface area contributed by atoms with Gasteiger partial charge in [-0.3, -0.25) is 9.69 Å². The molecule has 0 bridgehead atoms. The van der Waals surface area contributed by atoms with Crippen molar-refractivity contribution in [1.82, 2.24) is 9.80 Å². The number of thioether (sulfide) groups is 1. The van der Waals surface area contributed by atoms with E-state index in [-0.39, 0.29) is 5.91 Å². The van der Waals surface area contributed by atoms with Crippen LogP contribution in [-0.2, 0) is 4.79 Å². The standard InChI is InChI=1S/C13H26N2O2S/c1-11(2)10-12(16)13(17)15-6-4-14(5-7-15)8-9-18-3/h11-12,16H,4-10H2,1-3H3/t12-/m0/s1. The number of aliphatic hydroxyl groups excluding tert-OH is 1. The van der Waals surface area contributed by atoms with Gasteiger partial charge in [0.1, 0.15) is 6.10 Å². The van der Waals surface area contributed by atoms with Gasteiger partial charge in [-0.15, -0.1) is 0 Å². The van der Waals surface area contributed by atoms with Crippen LogP contribution < -0.4 is 0 Å². The molecule has 0 spiro atoms.